The maximum absolute atomic E-state index is 13.3. The molecule has 1 unspecified atom stereocenters. The molecule has 1 aliphatic heterocycles. The van der Waals surface area contributed by atoms with Gasteiger partial charge in [-0.2, -0.15) is 0 Å². The van der Waals surface area contributed by atoms with Gasteiger partial charge in [0.25, 0.3) is 0 Å². The molecular weight excluding hydrogens is 392 g/mol. The lowest BCUT2D eigenvalue weighted by Crippen LogP contribution is -2.50. The van der Waals surface area contributed by atoms with Crippen LogP contribution in [0.2, 0.25) is 0 Å². The van der Waals surface area contributed by atoms with Crippen LogP contribution in [0.1, 0.15) is 52.9 Å². The van der Waals surface area contributed by atoms with E-state index in [2.05, 4.69) is 5.32 Å². The van der Waals surface area contributed by atoms with Crippen molar-refractivity contribution in [2.45, 2.75) is 53.1 Å². The van der Waals surface area contributed by atoms with Crippen LogP contribution >= 0.6 is 0 Å². The van der Waals surface area contributed by atoms with Gasteiger partial charge in [-0.05, 0) is 54.2 Å². The van der Waals surface area contributed by atoms with Crippen molar-refractivity contribution in [1.82, 2.24) is 4.90 Å². The fourth-order valence-corrected chi connectivity index (χ4v) is 3.96. The Morgan fingerprint density at radius 2 is 1.81 bits per heavy atom. The number of esters is 1. The molecule has 0 radical (unpaired) electrons. The third-order valence-electron chi connectivity index (χ3n) is 5.79. The van der Waals surface area contributed by atoms with E-state index in [9.17, 15) is 14.4 Å². The maximum Gasteiger partial charge on any atom is 0.338 e. The molecule has 0 aromatic heterocycles. The van der Waals surface area contributed by atoms with E-state index in [1.807, 2.05) is 58.0 Å². The number of methoxy groups -OCH3 is 1. The van der Waals surface area contributed by atoms with Crippen LogP contribution < -0.4 is 5.32 Å². The van der Waals surface area contributed by atoms with Crippen LogP contribution in [0.5, 0.6) is 0 Å². The zero-order chi connectivity index (χ0) is 22.7. The zero-order valence-electron chi connectivity index (χ0n) is 18.8. The van der Waals surface area contributed by atoms with Gasteiger partial charge in [-0.1, -0.05) is 38.1 Å². The highest BCUT2D eigenvalue weighted by Crippen LogP contribution is 2.27. The summed E-state index contributed by atoms with van der Waals surface area (Å²) in [6.07, 6.45) is 0.850. The molecule has 1 heterocycles. The molecule has 3 rings (SSSR count). The molecule has 164 valence electrons. The van der Waals surface area contributed by atoms with Crippen LogP contribution in [0.4, 0.5) is 5.69 Å². The Hall–Kier alpha value is -3.15. The van der Waals surface area contributed by atoms with Gasteiger partial charge in [0.05, 0.1) is 12.7 Å². The molecule has 1 atom stereocenters. The number of aryl methyl sites for hydroxylation is 1. The van der Waals surface area contributed by atoms with E-state index in [0.29, 0.717) is 30.6 Å². The van der Waals surface area contributed by atoms with E-state index in [1.54, 1.807) is 11.0 Å². The summed E-state index contributed by atoms with van der Waals surface area (Å²) in [5.41, 5.74) is 4.77. The highest BCUT2D eigenvalue weighted by Gasteiger charge is 2.34. The fourth-order valence-electron chi connectivity index (χ4n) is 3.96. The smallest absolute Gasteiger partial charge is 0.338 e. The number of hydrogen-bond acceptors (Lipinski definition) is 4. The van der Waals surface area contributed by atoms with Gasteiger partial charge in [-0.3, -0.25) is 9.59 Å². The Balaban J connectivity index is 1.90. The topological polar surface area (TPSA) is 75.7 Å². The molecule has 1 N–H and O–H groups in total. The number of benzene rings is 2. The van der Waals surface area contributed by atoms with Gasteiger partial charge in [-0.15, -0.1) is 0 Å². The number of anilines is 1. The second-order valence-corrected chi connectivity index (χ2v) is 8.55. The summed E-state index contributed by atoms with van der Waals surface area (Å²) in [6.45, 7) is 8.13. The van der Waals surface area contributed by atoms with Crippen molar-refractivity contribution < 1.29 is 19.1 Å². The molecule has 0 saturated heterocycles. The molecule has 0 fully saturated rings. The first-order chi connectivity index (χ1) is 14.7. The summed E-state index contributed by atoms with van der Waals surface area (Å²) in [5, 5.41) is 2.93. The Morgan fingerprint density at radius 1 is 1.13 bits per heavy atom. The quantitative estimate of drug-likeness (QED) is 0.738. The van der Waals surface area contributed by atoms with Crippen molar-refractivity contribution in [3.8, 4) is 0 Å². The Labute approximate surface area is 183 Å². The number of carbonyl (C=O) groups is 3. The molecular formula is C25H30N2O4. The van der Waals surface area contributed by atoms with Crippen molar-refractivity contribution >= 4 is 23.5 Å². The standard InChI is InChI=1S/C25H30N2O4/c1-15(2)10-23(28)27-14-19-9-7-6-8-18(19)12-22(27)24(29)26-20-11-16(3)17(4)21(13-20)25(30)31-5/h6-9,11,13,15,22H,10,12,14H2,1-5H3,(H,26,29). The third-order valence-corrected chi connectivity index (χ3v) is 5.79. The maximum atomic E-state index is 13.3. The summed E-state index contributed by atoms with van der Waals surface area (Å²) in [5.74, 6) is -0.529. The minimum atomic E-state index is -0.607. The van der Waals surface area contributed by atoms with Gasteiger partial charge in [0.15, 0.2) is 0 Å². The third kappa shape index (κ3) is 4.95. The lowest BCUT2D eigenvalue weighted by atomic mass is 9.92. The molecule has 0 aliphatic carbocycles. The summed E-state index contributed by atoms with van der Waals surface area (Å²) < 4.78 is 4.87. The Kier molecular flexibility index (Phi) is 6.78. The van der Waals surface area contributed by atoms with Crippen molar-refractivity contribution in [2.24, 2.45) is 5.92 Å². The first-order valence-electron chi connectivity index (χ1n) is 10.6. The first kappa shape index (κ1) is 22.5. The lowest BCUT2D eigenvalue weighted by Gasteiger charge is -2.36. The molecule has 31 heavy (non-hydrogen) atoms. The normalized spacial score (nSPS) is 15.4. The number of hydrogen-bond donors (Lipinski definition) is 1. The molecule has 0 saturated carbocycles. The SMILES string of the molecule is COC(=O)c1cc(NC(=O)C2Cc3ccccc3CN2C(=O)CC(C)C)cc(C)c1C. The van der Waals surface area contributed by atoms with E-state index in [1.165, 1.54) is 7.11 Å². The van der Waals surface area contributed by atoms with E-state index in [-0.39, 0.29) is 17.7 Å². The number of nitrogens with zero attached hydrogens (tertiary/aromatic N) is 1. The van der Waals surface area contributed by atoms with E-state index >= 15 is 0 Å². The number of ether oxygens (including phenoxy) is 1. The molecule has 2 amide bonds. The lowest BCUT2D eigenvalue weighted by molar-refractivity contribution is -0.140. The molecule has 2 aromatic rings. The first-order valence-corrected chi connectivity index (χ1v) is 10.6. The second-order valence-electron chi connectivity index (χ2n) is 8.55. The predicted molar refractivity (Wildman–Crippen MR) is 120 cm³/mol. The molecule has 0 bridgehead atoms. The van der Waals surface area contributed by atoms with Crippen LogP contribution in [0.3, 0.4) is 0 Å². The van der Waals surface area contributed by atoms with Crippen molar-refractivity contribution in [3.63, 3.8) is 0 Å². The van der Waals surface area contributed by atoms with Crippen molar-refractivity contribution in [1.29, 1.82) is 0 Å². The summed E-state index contributed by atoms with van der Waals surface area (Å²) in [6, 6.07) is 10.8. The highest BCUT2D eigenvalue weighted by atomic mass is 16.5. The fraction of sp³-hybridized carbons (Fsp3) is 0.400. The number of nitrogens with one attached hydrogen (secondary N) is 1. The van der Waals surface area contributed by atoms with Gasteiger partial charge in [0.1, 0.15) is 6.04 Å². The van der Waals surface area contributed by atoms with Crippen LogP contribution in [0.25, 0.3) is 0 Å². The highest BCUT2D eigenvalue weighted by molar-refractivity contribution is 5.99. The minimum absolute atomic E-state index is 0.0278. The summed E-state index contributed by atoms with van der Waals surface area (Å²) in [7, 11) is 1.33. The zero-order valence-corrected chi connectivity index (χ0v) is 18.8. The monoisotopic (exact) mass is 422 g/mol. The number of amides is 2. The van der Waals surface area contributed by atoms with Crippen molar-refractivity contribution in [3.05, 3.63) is 64.2 Å². The largest absolute Gasteiger partial charge is 0.465 e. The summed E-state index contributed by atoms with van der Waals surface area (Å²) in [4.78, 5) is 40.1. The average Bonchev–Trinajstić information content (AvgIpc) is 2.74. The Morgan fingerprint density at radius 3 is 2.45 bits per heavy atom. The number of rotatable bonds is 5. The molecule has 6 heteroatoms. The van der Waals surface area contributed by atoms with Gasteiger partial charge in [0, 0.05) is 25.1 Å². The average molecular weight is 423 g/mol. The molecule has 0 spiro atoms. The van der Waals surface area contributed by atoms with Crippen LogP contribution in [-0.2, 0) is 27.3 Å². The van der Waals surface area contributed by atoms with E-state index in [4.69, 9.17) is 4.74 Å². The van der Waals surface area contributed by atoms with Gasteiger partial charge in [0.2, 0.25) is 11.8 Å². The van der Waals surface area contributed by atoms with Gasteiger partial charge in [-0.25, -0.2) is 4.79 Å². The van der Waals surface area contributed by atoms with E-state index in [0.717, 1.165) is 22.3 Å². The van der Waals surface area contributed by atoms with Crippen LogP contribution in [0.15, 0.2) is 36.4 Å². The minimum Gasteiger partial charge on any atom is -0.465 e. The molecule has 1 aliphatic rings. The number of fused-ring (bicyclic) bond motifs is 1. The van der Waals surface area contributed by atoms with Crippen molar-refractivity contribution in [2.75, 3.05) is 12.4 Å². The molecule has 2 aromatic carbocycles. The second kappa shape index (κ2) is 9.33. The van der Waals surface area contributed by atoms with Crippen LogP contribution in [-0.4, -0.2) is 35.8 Å². The van der Waals surface area contributed by atoms with Gasteiger partial charge >= 0.3 is 5.97 Å². The number of carbonyl (C=O) groups excluding carboxylic acids is 3. The summed E-state index contributed by atoms with van der Waals surface area (Å²) >= 11 is 0. The predicted octanol–water partition coefficient (Wildman–Crippen LogP) is 4.03. The molecule has 6 nitrogen and oxygen atoms in total. The van der Waals surface area contributed by atoms with Crippen LogP contribution in [0, 0.1) is 19.8 Å². The van der Waals surface area contributed by atoms with Gasteiger partial charge < -0.3 is 15.0 Å². The van der Waals surface area contributed by atoms with E-state index < -0.39 is 12.0 Å². The Bertz CT molecular complexity index is 1010.